The van der Waals surface area contributed by atoms with Crippen LogP contribution in [-0.4, -0.2) is 63.0 Å². The summed E-state index contributed by atoms with van der Waals surface area (Å²) in [5, 5.41) is 46.3. The van der Waals surface area contributed by atoms with Gasteiger partial charge in [-0.15, -0.1) is 0 Å². The molecule has 0 saturated heterocycles. The quantitative estimate of drug-likeness (QED) is 0.512. The van der Waals surface area contributed by atoms with Gasteiger partial charge < -0.3 is 29.9 Å². The molecule has 7 heteroatoms. The van der Waals surface area contributed by atoms with Gasteiger partial charge in [-0.3, -0.25) is 0 Å². The first kappa shape index (κ1) is 22.8. The molecule has 0 amide bonds. The zero-order chi connectivity index (χ0) is 23.9. The third kappa shape index (κ3) is 2.74. The van der Waals surface area contributed by atoms with Crippen molar-refractivity contribution in [1.82, 2.24) is 4.98 Å². The van der Waals surface area contributed by atoms with Crippen LogP contribution in [0.5, 0.6) is 11.6 Å². The minimum absolute atomic E-state index is 0.0561. The van der Waals surface area contributed by atoms with Crippen LogP contribution in [0.15, 0.2) is 41.6 Å². The van der Waals surface area contributed by atoms with Gasteiger partial charge in [-0.25, -0.2) is 4.98 Å². The number of aliphatic hydroxyl groups is 4. The summed E-state index contributed by atoms with van der Waals surface area (Å²) in [6, 6.07) is 3.44. The van der Waals surface area contributed by atoms with Crippen molar-refractivity contribution in [3.05, 3.63) is 41.6 Å². The minimum atomic E-state index is -1.90. The lowest BCUT2D eigenvalue weighted by Crippen LogP contribution is -2.67. The molecule has 4 N–H and O–H groups in total. The van der Waals surface area contributed by atoms with Crippen LogP contribution < -0.4 is 9.47 Å². The van der Waals surface area contributed by atoms with Crippen molar-refractivity contribution in [2.24, 2.45) is 34.5 Å². The Morgan fingerprint density at radius 3 is 2.64 bits per heavy atom. The number of fused-ring (bicyclic) bond motifs is 3. The van der Waals surface area contributed by atoms with Crippen molar-refractivity contribution in [2.45, 2.75) is 58.0 Å². The Balaban J connectivity index is 1.68. The number of aromatic nitrogens is 1. The van der Waals surface area contributed by atoms with Gasteiger partial charge in [0.05, 0.1) is 25.2 Å². The Labute approximate surface area is 194 Å². The van der Waals surface area contributed by atoms with Crippen LogP contribution in [0.3, 0.4) is 0 Å². The van der Waals surface area contributed by atoms with Crippen molar-refractivity contribution >= 4 is 0 Å². The largest absolute Gasteiger partial charge is 0.491 e. The summed E-state index contributed by atoms with van der Waals surface area (Å²) >= 11 is 0. The monoisotopic (exact) mass is 457 g/mol. The average molecular weight is 458 g/mol. The lowest BCUT2D eigenvalue weighted by atomic mass is 9.58. The Kier molecular flexibility index (Phi) is 5.04. The predicted molar refractivity (Wildman–Crippen MR) is 122 cm³/mol. The van der Waals surface area contributed by atoms with Crippen LogP contribution in [0, 0.1) is 34.5 Å². The van der Waals surface area contributed by atoms with Gasteiger partial charge in [0.15, 0.2) is 11.9 Å². The van der Waals surface area contributed by atoms with Crippen LogP contribution in [-0.2, 0) is 0 Å². The molecule has 1 aromatic rings. The van der Waals surface area contributed by atoms with Gasteiger partial charge >= 0.3 is 0 Å². The SMILES string of the molecule is COc1cccnc1O[C@H]1C(C)=C[C@]23C(O)[C@@H](C=C(CO)[C@@H](O)[C@]12O)[C@H]1[C@@H](C[C@H]3C)C1(C)C. The van der Waals surface area contributed by atoms with Gasteiger partial charge in [-0.2, -0.15) is 0 Å². The maximum Gasteiger partial charge on any atom is 0.257 e. The first-order valence-electron chi connectivity index (χ1n) is 11.8. The number of nitrogens with zero attached hydrogens (tertiary/aromatic N) is 1. The molecule has 9 atom stereocenters. The maximum absolute atomic E-state index is 12.5. The van der Waals surface area contributed by atoms with Crippen molar-refractivity contribution in [3.63, 3.8) is 0 Å². The fourth-order valence-corrected chi connectivity index (χ4v) is 7.63. The van der Waals surface area contributed by atoms with E-state index in [2.05, 4.69) is 18.8 Å². The summed E-state index contributed by atoms with van der Waals surface area (Å²) in [6.45, 7) is 7.92. The molecule has 5 rings (SSSR count). The lowest BCUT2D eigenvalue weighted by molar-refractivity contribution is -0.211. The second kappa shape index (κ2) is 7.28. The van der Waals surface area contributed by atoms with E-state index in [-0.39, 0.29) is 29.0 Å². The third-order valence-electron chi connectivity index (χ3n) is 9.35. The molecule has 0 radical (unpaired) electrons. The van der Waals surface area contributed by atoms with Crippen LogP contribution in [0.1, 0.15) is 34.1 Å². The van der Waals surface area contributed by atoms with E-state index in [9.17, 15) is 20.4 Å². The Morgan fingerprint density at radius 2 is 1.97 bits per heavy atom. The second-order valence-corrected chi connectivity index (χ2v) is 11.1. The molecule has 1 spiro atoms. The Bertz CT molecular complexity index is 1020. The van der Waals surface area contributed by atoms with Gasteiger partial charge in [0, 0.05) is 12.1 Å². The Morgan fingerprint density at radius 1 is 1.24 bits per heavy atom. The summed E-state index contributed by atoms with van der Waals surface area (Å²) in [7, 11) is 1.51. The van der Waals surface area contributed by atoms with E-state index in [1.807, 2.05) is 26.0 Å². The molecule has 180 valence electrons. The summed E-state index contributed by atoms with van der Waals surface area (Å²) in [6.07, 6.45) is 2.79. The smallest absolute Gasteiger partial charge is 0.257 e. The summed E-state index contributed by atoms with van der Waals surface area (Å²) < 4.78 is 11.7. The maximum atomic E-state index is 12.5. The molecule has 0 aliphatic heterocycles. The second-order valence-electron chi connectivity index (χ2n) is 11.1. The highest BCUT2D eigenvalue weighted by Gasteiger charge is 2.76. The van der Waals surface area contributed by atoms with E-state index in [1.54, 1.807) is 18.3 Å². The fraction of sp³-hybridized carbons (Fsp3) is 0.654. The van der Waals surface area contributed by atoms with Crippen molar-refractivity contribution in [3.8, 4) is 11.6 Å². The molecule has 2 fully saturated rings. The number of ether oxygens (including phenoxy) is 2. The number of hydrogen-bond donors (Lipinski definition) is 4. The van der Waals surface area contributed by atoms with E-state index >= 15 is 0 Å². The number of methoxy groups -OCH3 is 1. The molecular weight excluding hydrogens is 422 g/mol. The molecule has 4 aliphatic carbocycles. The molecule has 1 aromatic heterocycles. The van der Waals surface area contributed by atoms with Gasteiger partial charge in [0.2, 0.25) is 0 Å². The summed E-state index contributed by atoms with van der Waals surface area (Å²) in [4.78, 5) is 4.28. The molecule has 0 aromatic carbocycles. The number of pyridine rings is 1. The van der Waals surface area contributed by atoms with Gasteiger partial charge in [0.1, 0.15) is 11.7 Å². The molecule has 7 nitrogen and oxygen atoms in total. The topological polar surface area (TPSA) is 112 Å². The number of rotatable bonds is 4. The molecule has 33 heavy (non-hydrogen) atoms. The fourth-order valence-electron chi connectivity index (χ4n) is 7.63. The van der Waals surface area contributed by atoms with E-state index in [0.29, 0.717) is 22.8 Å². The lowest BCUT2D eigenvalue weighted by Gasteiger charge is -2.52. The van der Waals surface area contributed by atoms with Gasteiger partial charge in [0.25, 0.3) is 5.88 Å². The third-order valence-corrected chi connectivity index (χ3v) is 9.35. The highest BCUT2D eigenvalue weighted by atomic mass is 16.5. The minimum Gasteiger partial charge on any atom is -0.491 e. The average Bonchev–Trinajstić information content (AvgIpc) is 3.28. The van der Waals surface area contributed by atoms with Crippen LogP contribution in [0.25, 0.3) is 0 Å². The van der Waals surface area contributed by atoms with Crippen LogP contribution in [0.2, 0.25) is 0 Å². The standard InChI is InChI=1S/C26H35NO6/c1-13-11-25-14(2)9-17-19(24(17,3)4)16(21(25)30)10-15(12-28)20(29)26(25,31)22(13)33-23-18(32-5)7-6-8-27-23/h6-8,10-11,14,16-17,19-22,28-31H,9,12H2,1-5H3/t14-,16+,17-,19+,20-,21?,22+,25+,26+/m1/s1. The number of aliphatic hydroxyl groups excluding tert-OH is 3. The predicted octanol–water partition coefficient (Wildman–Crippen LogP) is 2.10. The Hall–Kier alpha value is -1.93. The highest BCUT2D eigenvalue weighted by Crippen LogP contribution is 2.72. The van der Waals surface area contributed by atoms with E-state index in [4.69, 9.17) is 9.47 Å². The first-order chi connectivity index (χ1) is 15.5. The van der Waals surface area contributed by atoms with Crippen molar-refractivity contribution < 1.29 is 29.9 Å². The van der Waals surface area contributed by atoms with Crippen molar-refractivity contribution in [2.75, 3.05) is 13.7 Å². The molecular formula is C26H35NO6. The highest BCUT2D eigenvalue weighted by molar-refractivity contribution is 5.44. The zero-order valence-corrected chi connectivity index (χ0v) is 19.9. The van der Waals surface area contributed by atoms with Gasteiger partial charge in [-0.1, -0.05) is 32.9 Å². The zero-order valence-electron chi connectivity index (χ0n) is 19.9. The van der Waals surface area contributed by atoms with Gasteiger partial charge in [-0.05, 0) is 59.8 Å². The van der Waals surface area contributed by atoms with E-state index in [0.717, 1.165) is 6.42 Å². The molecule has 2 saturated carbocycles. The molecule has 2 bridgehead atoms. The number of hydrogen-bond acceptors (Lipinski definition) is 7. The molecule has 4 aliphatic rings. The normalized spacial score (nSPS) is 45.1. The molecule has 1 heterocycles. The van der Waals surface area contributed by atoms with Crippen LogP contribution in [0.4, 0.5) is 0 Å². The van der Waals surface area contributed by atoms with E-state index < -0.39 is 35.9 Å². The van der Waals surface area contributed by atoms with Crippen LogP contribution >= 0.6 is 0 Å². The summed E-state index contributed by atoms with van der Waals surface area (Å²) in [5.74, 6) is 0.804. The van der Waals surface area contributed by atoms with Crippen molar-refractivity contribution in [1.29, 1.82) is 0 Å². The molecule has 1 unspecified atom stereocenters. The first-order valence-corrected chi connectivity index (χ1v) is 11.8. The van der Waals surface area contributed by atoms with E-state index in [1.165, 1.54) is 7.11 Å². The summed E-state index contributed by atoms with van der Waals surface area (Å²) in [5.41, 5.74) is -1.96.